The molecule has 6 aromatic carbocycles. The average molecular weight is 1080 g/mol. The zero-order valence-electron chi connectivity index (χ0n) is 42.9. The summed E-state index contributed by atoms with van der Waals surface area (Å²) in [7, 11) is -1.00. The minimum absolute atomic E-state index is 0.458. The van der Waals surface area contributed by atoms with Crippen molar-refractivity contribution < 1.29 is 0 Å². The van der Waals surface area contributed by atoms with Gasteiger partial charge in [-0.25, -0.2) is 18.7 Å². The fourth-order valence-corrected chi connectivity index (χ4v) is 13.1. The van der Waals surface area contributed by atoms with Crippen LogP contribution in [0.4, 0.5) is 0 Å². The summed E-state index contributed by atoms with van der Waals surface area (Å²) >= 11 is 3.52. The summed E-state index contributed by atoms with van der Waals surface area (Å²) in [6.07, 6.45) is 14.3. The molecule has 0 atom stereocenters. The van der Waals surface area contributed by atoms with Crippen molar-refractivity contribution in [1.29, 1.82) is 0 Å². The lowest BCUT2D eigenvalue weighted by Gasteiger charge is -2.18. The van der Waals surface area contributed by atoms with E-state index in [-0.39, 0.29) is 0 Å². The van der Waals surface area contributed by atoms with E-state index in [1.54, 1.807) is 29.7 Å². The topological polar surface area (TPSA) is 136 Å². The molecule has 0 saturated carbocycles. The standard InChI is InChI=1S/C20H17N4P.C17H18N3P.2C11H13N3S/c1-3-9-17(10-4-1)25(18-11-5-2-6-12-18)16-24-15-20(22-23-24)19-13-7-8-14-21-19;1-2-15-13-20(19-18-15)14-21(16-9-5-3-6-10-16)17-11-7-4-8-12-17;2*1-2-10-8-14(13-12-10)9-15-11-6-4-3-5-7-11/h1-15H,16H2;3-13H,2,14H2,1H3;2*3-8H,2,9H2,1H3. The molecule has 17 heteroatoms. The van der Waals surface area contributed by atoms with Gasteiger partial charge in [0.15, 0.2) is 0 Å². The third-order valence-electron chi connectivity index (χ3n) is 11.4. The maximum Gasteiger partial charge on any atom is 0.131 e. The van der Waals surface area contributed by atoms with Gasteiger partial charge in [0, 0.05) is 34.6 Å². The van der Waals surface area contributed by atoms with E-state index in [2.05, 4.69) is 219 Å². The number of nitrogens with zero attached hydrogens (tertiary/aromatic N) is 13. The molecular weight excluding hydrogens is 1020 g/mol. The fraction of sp³-hybridized carbons (Fsp3) is 0.169. The van der Waals surface area contributed by atoms with Gasteiger partial charge in [-0.05, 0) is 92.7 Å². The lowest BCUT2D eigenvalue weighted by molar-refractivity contribution is 0.697. The number of hydrogen-bond donors (Lipinski definition) is 0. The van der Waals surface area contributed by atoms with E-state index < -0.39 is 15.8 Å². The van der Waals surface area contributed by atoms with Gasteiger partial charge >= 0.3 is 0 Å². The minimum atomic E-state index is -0.543. The van der Waals surface area contributed by atoms with Gasteiger partial charge in [-0.15, -0.1) is 43.9 Å². The van der Waals surface area contributed by atoms with Crippen LogP contribution in [0, 0.1) is 0 Å². The minimum Gasteiger partial charge on any atom is -0.254 e. The van der Waals surface area contributed by atoms with Gasteiger partial charge in [0.2, 0.25) is 0 Å². The molecule has 0 aliphatic heterocycles. The lowest BCUT2D eigenvalue weighted by atomic mass is 10.3. The summed E-state index contributed by atoms with van der Waals surface area (Å²) in [5, 5.41) is 38.7. The van der Waals surface area contributed by atoms with E-state index in [0.717, 1.165) is 72.1 Å². The molecule has 0 spiro atoms. The quantitative estimate of drug-likeness (QED) is 0.0600. The van der Waals surface area contributed by atoms with Gasteiger partial charge in [-0.2, -0.15) is 0 Å². The Morgan fingerprint density at radius 3 is 1.03 bits per heavy atom. The summed E-state index contributed by atoms with van der Waals surface area (Å²) in [6.45, 7) is 6.27. The molecule has 5 aromatic heterocycles. The normalized spacial score (nSPS) is 10.8. The average Bonchev–Trinajstić information content (AvgIpc) is 4.36. The van der Waals surface area contributed by atoms with Crippen molar-refractivity contribution >= 4 is 60.6 Å². The summed E-state index contributed by atoms with van der Waals surface area (Å²) in [5.74, 6) is 1.63. The maximum absolute atomic E-state index is 4.35. The van der Waals surface area contributed by atoms with Crippen LogP contribution < -0.4 is 21.2 Å². The molecule has 0 aliphatic rings. The molecule has 11 rings (SSSR count). The third-order valence-corrected chi connectivity index (χ3v) is 18.2. The molecule has 0 N–H and O–H groups in total. The number of aryl methyl sites for hydroxylation is 3. The van der Waals surface area contributed by atoms with Gasteiger partial charge in [0.1, 0.15) is 5.69 Å². The molecule has 76 heavy (non-hydrogen) atoms. The number of pyridine rings is 1. The Bertz CT molecular complexity index is 3130. The van der Waals surface area contributed by atoms with Crippen molar-refractivity contribution in [2.75, 3.05) is 0 Å². The van der Waals surface area contributed by atoms with Crippen LogP contribution in [0.2, 0.25) is 0 Å². The molecule has 0 radical (unpaired) electrons. The molecule has 13 nitrogen and oxygen atoms in total. The van der Waals surface area contributed by atoms with Crippen molar-refractivity contribution in [2.24, 2.45) is 0 Å². The van der Waals surface area contributed by atoms with Crippen LogP contribution in [-0.2, 0) is 43.6 Å². The number of thioether (sulfide) groups is 2. The monoisotopic (exact) mass is 1080 g/mol. The Kier molecular flexibility index (Phi) is 21.8. The highest BCUT2D eigenvalue weighted by Gasteiger charge is 2.17. The Morgan fingerprint density at radius 2 is 0.671 bits per heavy atom. The van der Waals surface area contributed by atoms with Crippen LogP contribution >= 0.6 is 39.4 Å². The molecule has 384 valence electrons. The first-order chi connectivity index (χ1) is 37.5. The van der Waals surface area contributed by atoms with E-state index in [9.17, 15) is 0 Å². The number of hydrogen-bond acceptors (Lipinski definition) is 11. The van der Waals surface area contributed by atoms with Crippen molar-refractivity contribution in [1.82, 2.24) is 65.0 Å². The lowest BCUT2D eigenvalue weighted by Crippen LogP contribution is -2.15. The number of benzene rings is 6. The van der Waals surface area contributed by atoms with E-state index in [1.807, 2.05) is 91.9 Å². The van der Waals surface area contributed by atoms with Gasteiger partial charge in [-0.3, -0.25) is 4.98 Å². The maximum atomic E-state index is 4.35. The Morgan fingerprint density at radius 1 is 0.342 bits per heavy atom. The second-order valence-electron chi connectivity index (χ2n) is 16.8. The fourth-order valence-electron chi connectivity index (χ4n) is 7.36. The largest absolute Gasteiger partial charge is 0.254 e. The first kappa shape index (κ1) is 54.8. The molecule has 5 heterocycles. The van der Waals surface area contributed by atoms with Crippen LogP contribution in [0.15, 0.2) is 241 Å². The predicted octanol–water partition coefficient (Wildman–Crippen LogP) is 11.5. The zero-order valence-corrected chi connectivity index (χ0v) is 46.3. The number of rotatable bonds is 18. The highest BCUT2D eigenvalue weighted by Crippen LogP contribution is 2.36. The first-order valence-electron chi connectivity index (χ1n) is 25.1. The van der Waals surface area contributed by atoms with E-state index in [0.29, 0.717) is 0 Å². The summed E-state index contributed by atoms with van der Waals surface area (Å²) in [4.78, 5) is 6.86. The molecular formula is C59H61N13P2S2. The first-order valence-corrected chi connectivity index (χ1v) is 30.2. The molecule has 11 aromatic rings. The van der Waals surface area contributed by atoms with Crippen molar-refractivity contribution in [3.05, 3.63) is 248 Å². The summed E-state index contributed by atoms with van der Waals surface area (Å²) in [5.41, 5.74) is 4.78. The van der Waals surface area contributed by atoms with Gasteiger partial charge in [-0.1, -0.05) is 205 Å². The van der Waals surface area contributed by atoms with Crippen LogP contribution in [0.3, 0.4) is 0 Å². The van der Waals surface area contributed by atoms with Gasteiger partial charge in [0.05, 0.1) is 53.3 Å². The van der Waals surface area contributed by atoms with Crippen LogP contribution in [0.5, 0.6) is 0 Å². The smallest absolute Gasteiger partial charge is 0.131 e. The molecule has 0 amide bonds. The summed E-state index contributed by atoms with van der Waals surface area (Å²) < 4.78 is 7.65. The number of aromatic nitrogens is 13. The van der Waals surface area contributed by atoms with E-state index in [4.69, 9.17) is 0 Å². The van der Waals surface area contributed by atoms with E-state index >= 15 is 0 Å². The predicted molar refractivity (Wildman–Crippen MR) is 314 cm³/mol. The zero-order chi connectivity index (χ0) is 52.4. The second-order valence-corrected chi connectivity index (χ2v) is 23.2. The Balaban J connectivity index is 0.000000138. The highest BCUT2D eigenvalue weighted by molar-refractivity contribution is 7.98. The van der Waals surface area contributed by atoms with Gasteiger partial charge in [0.25, 0.3) is 0 Å². The second kappa shape index (κ2) is 30.2. The molecule has 0 bridgehead atoms. The molecule has 0 saturated heterocycles. The SMILES string of the molecule is CCc1cn(CP(c2ccccc2)c2ccccc2)nn1.CCc1cn(CSc2ccccc2)nn1.CCc1cn(CSc2ccccc2)nn1.c1ccc(P(Cn2cc(-c3ccccn3)nn2)c2ccccc2)cc1. The Hall–Kier alpha value is -7.41. The third kappa shape index (κ3) is 17.3. The Labute approximate surface area is 456 Å². The molecule has 0 aliphatic carbocycles. The van der Waals surface area contributed by atoms with Crippen LogP contribution in [0.1, 0.15) is 37.9 Å². The van der Waals surface area contributed by atoms with Crippen molar-refractivity contribution in [2.45, 2.75) is 74.1 Å². The molecule has 0 fully saturated rings. The molecule has 0 unspecified atom stereocenters. The summed E-state index contributed by atoms with van der Waals surface area (Å²) in [6, 6.07) is 69.0. The highest BCUT2D eigenvalue weighted by atomic mass is 32.2. The van der Waals surface area contributed by atoms with Crippen molar-refractivity contribution in [3.63, 3.8) is 0 Å². The van der Waals surface area contributed by atoms with Crippen LogP contribution in [-0.4, -0.2) is 65.0 Å². The van der Waals surface area contributed by atoms with Crippen LogP contribution in [0.25, 0.3) is 11.4 Å². The van der Waals surface area contributed by atoms with E-state index in [1.165, 1.54) is 31.0 Å². The van der Waals surface area contributed by atoms with Crippen molar-refractivity contribution in [3.8, 4) is 11.4 Å². The van der Waals surface area contributed by atoms with Gasteiger partial charge < -0.3 is 0 Å².